The summed E-state index contributed by atoms with van der Waals surface area (Å²) in [5.41, 5.74) is 10.7. The van der Waals surface area contributed by atoms with Gasteiger partial charge in [-0.05, 0) is 84.2 Å². The molecule has 0 saturated heterocycles. The van der Waals surface area contributed by atoms with Crippen LogP contribution in [0.5, 0.6) is 5.75 Å². The van der Waals surface area contributed by atoms with Gasteiger partial charge in [0.1, 0.15) is 12.4 Å². The van der Waals surface area contributed by atoms with E-state index in [1.807, 2.05) is 6.92 Å². The second-order valence-corrected chi connectivity index (χ2v) is 6.90. The Balaban J connectivity index is 2.11. The molecule has 2 aromatic carbocycles. The van der Waals surface area contributed by atoms with E-state index in [1.165, 1.54) is 25.8 Å². The Morgan fingerprint density at radius 1 is 1.05 bits per heavy atom. The van der Waals surface area contributed by atoms with Gasteiger partial charge in [-0.2, -0.15) is 0 Å². The first-order valence-electron chi connectivity index (χ1n) is 7.18. The normalized spacial score (nSPS) is 12.2. The molecule has 0 aliphatic heterocycles. The highest BCUT2D eigenvalue weighted by Gasteiger charge is 2.08. The second kappa shape index (κ2) is 7.27. The summed E-state index contributed by atoms with van der Waals surface area (Å²) in [5.74, 6) is 0.988. The minimum atomic E-state index is 0.183. The van der Waals surface area contributed by atoms with Gasteiger partial charge in [0.15, 0.2) is 0 Å². The Morgan fingerprint density at radius 3 is 2.14 bits per heavy atom. The standard InChI is InChI=1S/C18H22INO/c1-12-8-16(10-14(3)20)9-13(2)18(12)21-11-15-4-6-17(19)7-5-15/h4-9,14H,10-11,20H2,1-3H3. The van der Waals surface area contributed by atoms with Gasteiger partial charge in [0.2, 0.25) is 0 Å². The topological polar surface area (TPSA) is 35.2 Å². The number of hydrogen-bond donors (Lipinski definition) is 1. The molecule has 0 aromatic heterocycles. The summed E-state index contributed by atoms with van der Waals surface area (Å²) < 4.78 is 7.26. The third-order valence-electron chi connectivity index (χ3n) is 3.37. The monoisotopic (exact) mass is 395 g/mol. The van der Waals surface area contributed by atoms with E-state index >= 15 is 0 Å². The maximum absolute atomic E-state index is 6.02. The van der Waals surface area contributed by atoms with E-state index in [-0.39, 0.29) is 6.04 Å². The van der Waals surface area contributed by atoms with Crippen molar-refractivity contribution in [3.8, 4) is 5.75 Å². The minimum Gasteiger partial charge on any atom is -0.488 e. The lowest BCUT2D eigenvalue weighted by Crippen LogP contribution is -2.18. The van der Waals surface area contributed by atoms with E-state index in [0.29, 0.717) is 6.61 Å². The van der Waals surface area contributed by atoms with Crippen LogP contribution >= 0.6 is 22.6 Å². The zero-order valence-electron chi connectivity index (χ0n) is 12.8. The van der Waals surface area contributed by atoms with Crippen LogP contribution in [0.2, 0.25) is 0 Å². The molecule has 1 unspecified atom stereocenters. The molecule has 0 aliphatic rings. The average molecular weight is 395 g/mol. The largest absolute Gasteiger partial charge is 0.488 e. The van der Waals surface area contributed by atoms with Crippen LogP contribution in [0.15, 0.2) is 36.4 Å². The number of halogens is 1. The van der Waals surface area contributed by atoms with Gasteiger partial charge in [0.05, 0.1) is 0 Å². The highest BCUT2D eigenvalue weighted by atomic mass is 127. The maximum atomic E-state index is 6.02. The van der Waals surface area contributed by atoms with Gasteiger partial charge in [0, 0.05) is 9.61 Å². The van der Waals surface area contributed by atoms with Gasteiger partial charge in [-0.3, -0.25) is 0 Å². The van der Waals surface area contributed by atoms with E-state index in [1.54, 1.807) is 0 Å². The van der Waals surface area contributed by atoms with Crippen molar-refractivity contribution in [1.82, 2.24) is 0 Å². The molecule has 0 aliphatic carbocycles. The van der Waals surface area contributed by atoms with Gasteiger partial charge >= 0.3 is 0 Å². The molecule has 0 heterocycles. The summed E-state index contributed by atoms with van der Waals surface area (Å²) in [6.45, 7) is 6.83. The molecule has 0 saturated carbocycles. The molecular weight excluding hydrogens is 373 g/mol. The van der Waals surface area contributed by atoms with Gasteiger partial charge in [-0.15, -0.1) is 0 Å². The molecule has 0 amide bonds. The van der Waals surface area contributed by atoms with Crippen LogP contribution < -0.4 is 10.5 Å². The van der Waals surface area contributed by atoms with E-state index < -0.39 is 0 Å². The van der Waals surface area contributed by atoms with Gasteiger partial charge in [-0.1, -0.05) is 24.3 Å². The fraction of sp³-hybridized carbons (Fsp3) is 0.333. The molecular formula is C18H22INO. The molecule has 1 atom stereocenters. The summed E-state index contributed by atoms with van der Waals surface area (Å²) in [7, 11) is 0. The summed E-state index contributed by atoms with van der Waals surface area (Å²) >= 11 is 2.31. The van der Waals surface area contributed by atoms with E-state index in [2.05, 4.69) is 72.8 Å². The highest BCUT2D eigenvalue weighted by molar-refractivity contribution is 14.1. The Kier molecular flexibility index (Phi) is 5.65. The van der Waals surface area contributed by atoms with Gasteiger partial charge < -0.3 is 10.5 Å². The molecule has 0 bridgehead atoms. The van der Waals surface area contributed by atoms with Crippen LogP contribution in [-0.2, 0) is 13.0 Å². The number of rotatable bonds is 5. The third-order valence-corrected chi connectivity index (χ3v) is 4.09. The molecule has 2 nitrogen and oxygen atoms in total. The van der Waals surface area contributed by atoms with Crippen molar-refractivity contribution in [2.24, 2.45) is 5.73 Å². The Labute approximate surface area is 140 Å². The van der Waals surface area contributed by atoms with Crippen LogP contribution in [0.4, 0.5) is 0 Å². The molecule has 112 valence electrons. The van der Waals surface area contributed by atoms with E-state index in [4.69, 9.17) is 10.5 Å². The van der Waals surface area contributed by atoms with Crippen LogP contribution in [0.1, 0.15) is 29.2 Å². The Bertz CT molecular complexity index is 582. The Morgan fingerprint density at radius 2 is 1.62 bits per heavy atom. The number of nitrogens with two attached hydrogens (primary N) is 1. The van der Waals surface area contributed by atoms with E-state index in [9.17, 15) is 0 Å². The average Bonchev–Trinajstić information content (AvgIpc) is 2.39. The minimum absolute atomic E-state index is 0.183. The zero-order chi connectivity index (χ0) is 15.4. The predicted octanol–water partition coefficient (Wildman–Crippen LogP) is 4.38. The first-order chi connectivity index (χ1) is 9.95. The predicted molar refractivity (Wildman–Crippen MR) is 96.8 cm³/mol. The molecule has 21 heavy (non-hydrogen) atoms. The summed E-state index contributed by atoms with van der Waals surface area (Å²) in [4.78, 5) is 0. The molecule has 2 rings (SSSR count). The van der Waals surface area contributed by atoms with Crippen LogP contribution in [0, 0.1) is 17.4 Å². The second-order valence-electron chi connectivity index (χ2n) is 5.66. The SMILES string of the molecule is Cc1cc(CC(C)N)cc(C)c1OCc1ccc(I)cc1. The van der Waals surface area contributed by atoms with Crippen molar-refractivity contribution in [1.29, 1.82) is 0 Å². The van der Waals surface area contributed by atoms with Crippen molar-refractivity contribution in [2.45, 2.75) is 39.8 Å². The van der Waals surface area contributed by atoms with Crippen molar-refractivity contribution in [3.63, 3.8) is 0 Å². The lowest BCUT2D eigenvalue weighted by molar-refractivity contribution is 0.302. The van der Waals surface area contributed by atoms with Crippen LogP contribution in [-0.4, -0.2) is 6.04 Å². The molecule has 0 spiro atoms. The van der Waals surface area contributed by atoms with Crippen LogP contribution in [0.3, 0.4) is 0 Å². The Hall–Kier alpha value is -1.07. The third kappa shape index (κ3) is 4.71. The smallest absolute Gasteiger partial charge is 0.125 e. The fourth-order valence-corrected chi connectivity index (χ4v) is 2.85. The lowest BCUT2D eigenvalue weighted by atomic mass is 10.0. The number of hydrogen-bond acceptors (Lipinski definition) is 2. The maximum Gasteiger partial charge on any atom is 0.125 e. The summed E-state index contributed by atoms with van der Waals surface area (Å²) in [6.07, 6.45) is 0.902. The van der Waals surface area contributed by atoms with Crippen LogP contribution in [0.25, 0.3) is 0 Å². The highest BCUT2D eigenvalue weighted by Crippen LogP contribution is 2.26. The van der Waals surface area contributed by atoms with Crippen molar-refractivity contribution in [2.75, 3.05) is 0 Å². The number of aryl methyl sites for hydroxylation is 2. The molecule has 0 fully saturated rings. The summed E-state index contributed by atoms with van der Waals surface area (Å²) in [6, 6.07) is 13.0. The molecule has 2 N–H and O–H groups in total. The first kappa shape index (κ1) is 16.3. The van der Waals surface area contributed by atoms with Crippen molar-refractivity contribution in [3.05, 3.63) is 62.2 Å². The van der Waals surface area contributed by atoms with Crippen molar-refractivity contribution >= 4 is 22.6 Å². The van der Waals surface area contributed by atoms with Gasteiger partial charge in [-0.25, -0.2) is 0 Å². The van der Waals surface area contributed by atoms with Crippen molar-refractivity contribution < 1.29 is 4.74 Å². The lowest BCUT2D eigenvalue weighted by Gasteiger charge is -2.15. The molecule has 3 heteroatoms. The molecule has 2 aromatic rings. The molecule has 0 radical (unpaired) electrons. The summed E-state index contributed by atoms with van der Waals surface area (Å²) in [5, 5.41) is 0. The number of benzene rings is 2. The van der Waals surface area contributed by atoms with Gasteiger partial charge in [0.25, 0.3) is 0 Å². The number of ether oxygens (including phenoxy) is 1. The zero-order valence-corrected chi connectivity index (χ0v) is 15.0. The van der Waals surface area contributed by atoms with E-state index in [0.717, 1.165) is 12.2 Å². The first-order valence-corrected chi connectivity index (χ1v) is 8.26. The quantitative estimate of drug-likeness (QED) is 0.763. The fourth-order valence-electron chi connectivity index (χ4n) is 2.49.